The van der Waals surface area contributed by atoms with Crippen molar-refractivity contribution in [1.29, 1.82) is 0 Å². The highest BCUT2D eigenvalue weighted by Gasteiger charge is 2.31. The molecule has 0 saturated carbocycles. The molecule has 136 valence electrons. The number of aromatic nitrogens is 3. The van der Waals surface area contributed by atoms with Gasteiger partial charge in [0.2, 0.25) is 0 Å². The maximum Gasteiger partial charge on any atom is 0.152 e. The second-order valence-corrected chi connectivity index (χ2v) is 10.2. The van der Waals surface area contributed by atoms with E-state index < -0.39 is 9.84 Å². The normalized spacial score (nSPS) is 19.7. The van der Waals surface area contributed by atoms with Crippen molar-refractivity contribution in [2.24, 2.45) is 0 Å². The van der Waals surface area contributed by atoms with Crippen molar-refractivity contribution < 1.29 is 8.42 Å². The largest absolute Gasteiger partial charge is 0.265 e. The first-order valence-corrected chi connectivity index (χ1v) is 11.3. The minimum Gasteiger partial charge on any atom is -0.265 e. The maximum absolute atomic E-state index is 11.8. The van der Waals surface area contributed by atoms with E-state index >= 15 is 0 Å². The molecule has 1 aliphatic rings. The summed E-state index contributed by atoms with van der Waals surface area (Å²) in [5.74, 6) is 0.446. The summed E-state index contributed by atoms with van der Waals surface area (Å²) in [6.45, 7) is 6.04. The molecule has 0 N–H and O–H groups in total. The van der Waals surface area contributed by atoms with Crippen LogP contribution in [0.2, 0.25) is 0 Å². The molecule has 1 saturated heterocycles. The lowest BCUT2D eigenvalue weighted by Gasteiger charge is -2.10. The predicted molar refractivity (Wildman–Crippen MR) is 107 cm³/mol. The molecule has 7 heteroatoms. The van der Waals surface area contributed by atoms with Gasteiger partial charge in [0.05, 0.1) is 33.5 Å². The fourth-order valence-electron chi connectivity index (χ4n) is 3.52. The lowest BCUT2D eigenvalue weighted by molar-refractivity contribution is 0.486. The molecule has 4 rings (SSSR count). The van der Waals surface area contributed by atoms with Gasteiger partial charge in [0, 0.05) is 11.3 Å². The van der Waals surface area contributed by atoms with E-state index in [1.165, 1.54) is 10.3 Å². The quantitative estimate of drug-likeness (QED) is 0.683. The highest BCUT2D eigenvalue weighted by molar-refractivity contribution is 7.91. The van der Waals surface area contributed by atoms with Crippen LogP contribution < -0.4 is 0 Å². The topological polar surface area (TPSA) is 64.8 Å². The van der Waals surface area contributed by atoms with E-state index in [1.54, 1.807) is 11.3 Å². The van der Waals surface area contributed by atoms with Crippen molar-refractivity contribution in [1.82, 2.24) is 14.8 Å². The lowest BCUT2D eigenvalue weighted by atomic mass is 10.1. The molecule has 0 spiro atoms. The summed E-state index contributed by atoms with van der Waals surface area (Å²) in [6.07, 6.45) is 4.71. The Kier molecular flexibility index (Phi) is 4.23. The van der Waals surface area contributed by atoms with Crippen LogP contribution in [-0.2, 0) is 9.84 Å². The van der Waals surface area contributed by atoms with Gasteiger partial charge in [-0.25, -0.2) is 13.4 Å². The zero-order chi connectivity index (χ0) is 18.5. The second kappa shape index (κ2) is 6.32. The molecule has 5 nitrogen and oxygen atoms in total. The molecule has 2 aromatic heterocycles. The number of aryl methyl sites for hydroxylation is 2. The summed E-state index contributed by atoms with van der Waals surface area (Å²) in [6, 6.07) is 6.25. The van der Waals surface area contributed by atoms with E-state index in [0.29, 0.717) is 6.42 Å². The summed E-state index contributed by atoms with van der Waals surface area (Å²) in [5.41, 5.74) is 5.20. The molecule has 0 unspecified atom stereocenters. The van der Waals surface area contributed by atoms with Crippen LogP contribution in [0.25, 0.3) is 22.4 Å². The molecule has 3 aromatic rings. The molecular formula is C19H21N3O2S2. The number of nitrogens with zero attached hydrogens (tertiary/aromatic N) is 3. The Morgan fingerprint density at radius 2 is 2.04 bits per heavy atom. The number of thiazole rings is 1. The molecule has 0 bridgehead atoms. The van der Waals surface area contributed by atoms with Gasteiger partial charge in [-0.3, -0.25) is 4.68 Å². The van der Waals surface area contributed by atoms with Crippen LogP contribution in [0.4, 0.5) is 0 Å². The minimum absolute atomic E-state index is 0.0497. The smallest absolute Gasteiger partial charge is 0.152 e. The first kappa shape index (κ1) is 17.4. The summed E-state index contributed by atoms with van der Waals surface area (Å²) in [7, 11) is -2.92. The first-order valence-electron chi connectivity index (χ1n) is 8.64. The fourth-order valence-corrected chi connectivity index (χ4v) is 6.06. The zero-order valence-electron chi connectivity index (χ0n) is 15.1. The van der Waals surface area contributed by atoms with Crippen LogP contribution in [0.1, 0.15) is 40.0 Å². The van der Waals surface area contributed by atoms with E-state index in [4.69, 9.17) is 0 Å². The van der Waals surface area contributed by atoms with E-state index in [9.17, 15) is 8.42 Å². The number of fused-ring (bicyclic) bond motifs is 1. The van der Waals surface area contributed by atoms with E-state index in [2.05, 4.69) is 35.2 Å². The average Bonchev–Trinajstić information content (AvgIpc) is 3.21. The third kappa shape index (κ3) is 3.21. The highest BCUT2D eigenvalue weighted by Crippen LogP contribution is 2.29. The number of hydrogen-bond donors (Lipinski definition) is 0. The van der Waals surface area contributed by atoms with Gasteiger partial charge < -0.3 is 0 Å². The molecule has 1 aromatic carbocycles. The van der Waals surface area contributed by atoms with Crippen LogP contribution in [0, 0.1) is 20.8 Å². The molecule has 0 amide bonds. The van der Waals surface area contributed by atoms with Gasteiger partial charge in [0.25, 0.3) is 0 Å². The Morgan fingerprint density at radius 1 is 1.23 bits per heavy atom. The van der Waals surface area contributed by atoms with Crippen molar-refractivity contribution in [3.8, 4) is 0 Å². The standard InChI is InChI=1S/C19H21N3O2S2/c1-12-4-6-18-17(10-12)20-19(25-18)7-5-16-13(2)21-22(14(16)3)15-8-9-26(23,24)11-15/h4-7,10,15H,8-9,11H2,1-3H3/b7-5+/t15-/m1/s1. The molecule has 3 heterocycles. The van der Waals surface area contributed by atoms with Crippen LogP contribution in [0.3, 0.4) is 0 Å². The third-order valence-electron chi connectivity index (χ3n) is 4.89. The summed E-state index contributed by atoms with van der Waals surface area (Å²) in [4.78, 5) is 4.68. The Balaban J connectivity index is 1.64. The van der Waals surface area contributed by atoms with E-state index in [1.807, 2.05) is 30.7 Å². The second-order valence-electron chi connectivity index (χ2n) is 6.94. The number of benzene rings is 1. The SMILES string of the molecule is Cc1ccc2sc(/C=C/c3c(C)nn([C@@H]4CCS(=O)(=O)C4)c3C)nc2c1. The van der Waals surface area contributed by atoms with Gasteiger partial charge in [-0.15, -0.1) is 11.3 Å². The zero-order valence-corrected chi connectivity index (χ0v) is 16.7. The molecule has 1 aliphatic heterocycles. The minimum atomic E-state index is -2.92. The van der Waals surface area contributed by atoms with Gasteiger partial charge in [-0.1, -0.05) is 6.07 Å². The Bertz CT molecular complexity index is 1120. The van der Waals surface area contributed by atoms with Crippen molar-refractivity contribution in [2.45, 2.75) is 33.2 Å². The lowest BCUT2D eigenvalue weighted by Crippen LogP contribution is -2.13. The van der Waals surface area contributed by atoms with Gasteiger partial charge in [0.15, 0.2) is 9.84 Å². The number of hydrogen-bond acceptors (Lipinski definition) is 5. The number of rotatable bonds is 3. The molecule has 26 heavy (non-hydrogen) atoms. The van der Waals surface area contributed by atoms with Gasteiger partial charge in [0.1, 0.15) is 5.01 Å². The summed E-state index contributed by atoms with van der Waals surface area (Å²) in [5, 5.41) is 5.57. The molecule has 0 aliphatic carbocycles. The Labute approximate surface area is 157 Å². The number of sulfone groups is 1. The van der Waals surface area contributed by atoms with Crippen molar-refractivity contribution >= 4 is 43.5 Å². The summed E-state index contributed by atoms with van der Waals surface area (Å²) < 4.78 is 26.6. The molecular weight excluding hydrogens is 366 g/mol. The van der Waals surface area contributed by atoms with Gasteiger partial charge in [-0.05, 0) is 57.0 Å². The Morgan fingerprint density at radius 3 is 2.77 bits per heavy atom. The average molecular weight is 388 g/mol. The van der Waals surface area contributed by atoms with Crippen LogP contribution in [-0.4, -0.2) is 34.7 Å². The van der Waals surface area contributed by atoms with E-state index in [-0.39, 0.29) is 17.5 Å². The van der Waals surface area contributed by atoms with Gasteiger partial charge in [-0.2, -0.15) is 5.10 Å². The fraction of sp³-hybridized carbons (Fsp3) is 0.368. The van der Waals surface area contributed by atoms with Crippen molar-refractivity contribution in [3.63, 3.8) is 0 Å². The summed E-state index contributed by atoms with van der Waals surface area (Å²) >= 11 is 1.66. The molecule has 1 atom stereocenters. The maximum atomic E-state index is 11.8. The van der Waals surface area contributed by atoms with Crippen LogP contribution in [0.5, 0.6) is 0 Å². The van der Waals surface area contributed by atoms with Crippen LogP contribution in [0.15, 0.2) is 18.2 Å². The third-order valence-corrected chi connectivity index (χ3v) is 7.64. The van der Waals surface area contributed by atoms with E-state index in [0.717, 1.165) is 27.5 Å². The monoisotopic (exact) mass is 387 g/mol. The Hall–Kier alpha value is -1.99. The van der Waals surface area contributed by atoms with Crippen LogP contribution >= 0.6 is 11.3 Å². The predicted octanol–water partition coefficient (Wildman–Crippen LogP) is 3.95. The first-order chi connectivity index (χ1) is 12.3. The van der Waals surface area contributed by atoms with Gasteiger partial charge >= 0.3 is 0 Å². The molecule has 1 fully saturated rings. The molecule has 0 radical (unpaired) electrons. The van der Waals surface area contributed by atoms with Crippen molar-refractivity contribution in [2.75, 3.05) is 11.5 Å². The highest BCUT2D eigenvalue weighted by atomic mass is 32.2. The van der Waals surface area contributed by atoms with Crippen molar-refractivity contribution in [3.05, 3.63) is 45.7 Å².